The number of fused-ring (bicyclic) bond motifs is 1. The number of carbonyl (C=O) groups excluding carboxylic acids is 1. The number of amides is 1. The molecule has 3 heterocycles. The normalized spacial score (nSPS) is 16.6. The molecule has 0 bridgehead atoms. The van der Waals surface area contributed by atoms with E-state index >= 15 is 0 Å². The molecular formula is C20H24N4O3S. The van der Waals surface area contributed by atoms with E-state index < -0.39 is 0 Å². The number of ether oxygens (including phenoxy) is 2. The van der Waals surface area contributed by atoms with Crippen molar-refractivity contribution >= 4 is 32.6 Å². The van der Waals surface area contributed by atoms with Crippen LogP contribution in [0.4, 0.5) is 5.13 Å². The fourth-order valence-electron chi connectivity index (χ4n) is 3.45. The third-order valence-electron chi connectivity index (χ3n) is 4.97. The molecule has 4 rings (SSSR count). The number of aromatic nitrogens is 3. The highest BCUT2D eigenvalue weighted by molar-refractivity contribution is 7.22. The Labute approximate surface area is 167 Å². The molecule has 7 nitrogen and oxygen atoms in total. The fourth-order valence-corrected chi connectivity index (χ4v) is 4.40. The van der Waals surface area contributed by atoms with Crippen molar-refractivity contribution in [1.29, 1.82) is 0 Å². The summed E-state index contributed by atoms with van der Waals surface area (Å²) in [5.41, 5.74) is 2.23. The number of methoxy groups -OCH3 is 1. The van der Waals surface area contributed by atoms with Gasteiger partial charge in [-0.2, -0.15) is 5.10 Å². The van der Waals surface area contributed by atoms with E-state index in [4.69, 9.17) is 14.5 Å². The molecule has 1 aromatic carbocycles. The number of hydrogen-bond acceptors (Lipinski definition) is 6. The van der Waals surface area contributed by atoms with E-state index in [2.05, 4.69) is 5.10 Å². The van der Waals surface area contributed by atoms with Crippen molar-refractivity contribution in [2.24, 2.45) is 0 Å². The largest absolute Gasteiger partial charge is 0.497 e. The number of anilines is 1. The van der Waals surface area contributed by atoms with Crippen LogP contribution in [0.2, 0.25) is 0 Å². The number of aryl methyl sites for hydroxylation is 2. The molecule has 1 aliphatic heterocycles. The lowest BCUT2D eigenvalue weighted by atomic mass is 10.2. The van der Waals surface area contributed by atoms with Gasteiger partial charge < -0.3 is 9.47 Å². The van der Waals surface area contributed by atoms with Gasteiger partial charge >= 0.3 is 0 Å². The van der Waals surface area contributed by atoms with Crippen molar-refractivity contribution in [3.8, 4) is 5.75 Å². The maximum atomic E-state index is 13.4. The van der Waals surface area contributed by atoms with Crippen LogP contribution in [0.1, 0.15) is 35.9 Å². The summed E-state index contributed by atoms with van der Waals surface area (Å²) in [5.74, 6) is 0.607. The number of thiazole rings is 1. The number of carbonyl (C=O) groups is 1. The molecule has 3 aromatic rings. The molecular weight excluding hydrogens is 376 g/mol. The van der Waals surface area contributed by atoms with E-state index in [9.17, 15) is 4.79 Å². The van der Waals surface area contributed by atoms with E-state index in [1.54, 1.807) is 12.0 Å². The summed E-state index contributed by atoms with van der Waals surface area (Å²) < 4.78 is 13.9. The van der Waals surface area contributed by atoms with Crippen molar-refractivity contribution in [3.63, 3.8) is 0 Å². The Hall–Kier alpha value is -2.45. The average Bonchev–Trinajstić information content (AvgIpc) is 3.44. The predicted octanol–water partition coefficient (Wildman–Crippen LogP) is 3.66. The minimum atomic E-state index is -0.142. The van der Waals surface area contributed by atoms with Gasteiger partial charge in [0.2, 0.25) is 0 Å². The lowest BCUT2D eigenvalue weighted by Gasteiger charge is -2.22. The second kappa shape index (κ2) is 7.89. The Bertz CT molecular complexity index is 991. The first kappa shape index (κ1) is 18.9. The smallest absolute Gasteiger partial charge is 0.280 e. The van der Waals surface area contributed by atoms with E-state index in [1.165, 1.54) is 11.3 Å². The molecule has 0 unspecified atom stereocenters. The predicted molar refractivity (Wildman–Crippen MR) is 109 cm³/mol. The summed E-state index contributed by atoms with van der Waals surface area (Å²) in [4.78, 5) is 19.8. The maximum absolute atomic E-state index is 13.4. The first-order chi connectivity index (χ1) is 13.6. The first-order valence-corrected chi connectivity index (χ1v) is 10.3. The molecule has 1 saturated heterocycles. The average molecular weight is 401 g/mol. The summed E-state index contributed by atoms with van der Waals surface area (Å²) in [6, 6.07) is 7.60. The highest BCUT2D eigenvalue weighted by atomic mass is 32.1. The third-order valence-corrected chi connectivity index (χ3v) is 6.03. The van der Waals surface area contributed by atoms with Crippen molar-refractivity contribution in [2.45, 2.75) is 39.3 Å². The van der Waals surface area contributed by atoms with Gasteiger partial charge in [-0.3, -0.25) is 14.4 Å². The molecule has 0 spiro atoms. The Morgan fingerprint density at radius 3 is 2.96 bits per heavy atom. The van der Waals surface area contributed by atoms with Crippen molar-refractivity contribution in [3.05, 3.63) is 35.7 Å². The molecule has 0 aliphatic carbocycles. The Balaban J connectivity index is 1.70. The zero-order chi connectivity index (χ0) is 19.7. The van der Waals surface area contributed by atoms with Gasteiger partial charge in [-0.15, -0.1) is 0 Å². The van der Waals surface area contributed by atoms with Gasteiger partial charge in [0.25, 0.3) is 5.91 Å². The Morgan fingerprint density at radius 2 is 2.29 bits per heavy atom. The molecule has 148 valence electrons. The summed E-state index contributed by atoms with van der Waals surface area (Å²) in [7, 11) is 1.63. The summed E-state index contributed by atoms with van der Waals surface area (Å²) in [6.07, 6.45) is 2.00. The van der Waals surface area contributed by atoms with Gasteiger partial charge in [-0.1, -0.05) is 11.3 Å². The number of nitrogens with zero attached hydrogens (tertiary/aromatic N) is 4. The fraction of sp³-hybridized carbons (Fsp3) is 0.450. The summed E-state index contributed by atoms with van der Waals surface area (Å²) in [6.45, 7) is 5.92. The van der Waals surface area contributed by atoms with Gasteiger partial charge in [0.15, 0.2) is 10.8 Å². The van der Waals surface area contributed by atoms with Crippen LogP contribution in [0.3, 0.4) is 0 Å². The number of benzene rings is 1. The topological polar surface area (TPSA) is 69.5 Å². The lowest BCUT2D eigenvalue weighted by Crippen LogP contribution is -2.37. The molecule has 1 aliphatic rings. The molecule has 0 radical (unpaired) electrons. The second-order valence-corrected chi connectivity index (χ2v) is 7.88. The highest BCUT2D eigenvalue weighted by Crippen LogP contribution is 2.32. The van der Waals surface area contributed by atoms with Crippen LogP contribution in [0, 0.1) is 6.92 Å². The van der Waals surface area contributed by atoms with Crippen LogP contribution in [0.5, 0.6) is 5.75 Å². The van der Waals surface area contributed by atoms with Crippen molar-refractivity contribution < 1.29 is 14.3 Å². The summed E-state index contributed by atoms with van der Waals surface area (Å²) >= 11 is 1.50. The molecule has 1 atom stereocenters. The van der Waals surface area contributed by atoms with Gasteiger partial charge in [-0.05, 0) is 44.9 Å². The van der Waals surface area contributed by atoms with Crippen LogP contribution in [-0.2, 0) is 11.3 Å². The van der Waals surface area contributed by atoms with Gasteiger partial charge in [-0.25, -0.2) is 4.98 Å². The molecule has 28 heavy (non-hydrogen) atoms. The van der Waals surface area contributed by atoms with Crippen LogP contribution in [0.15, 0.2) is 24.3 Å². The first-order valence-electron chi connectivity index (χ1n) is 9.51. The molecule has 0 N–H and O–H groups in total. The van der Waals surface area contributed by atoms with E-state index in [1.807, 2.05) is 42.8 Å². The quantitative estimate of drug-likeness (QED) is 0.632. The third kappa shape index (κ3) is 3.62. The van der Waals surface area contributed by atoms with Crippen molar-refractivity contribution in [2.75, 3.05) is 25.2 Å². The minimum absolute atomic E-state index is 0.0276. The highest BCUT2D eigenvalue weighted by Gasteiger charge is 2.28. The van der Waals surface area contributed by atoms with Crippen LogP contribution in [0.25, 0.3) is 10.2 Å². The van der Waals surface area contributed by atoms with Crippen LogP contribution >= 0.6 is 11.3 Å². The Morgan fingerprint density at radius 1 is 1.43 bits per heavy atom. The lowest BCUT2D eigenvalue weighted by molar-refractivity contribution is 0.0912. The van der Waals surface area contributed by atoms with E-state index in [0.717, 1.165) is 47.7 Å². The molecule has 1 fully saturated rings. The standard InChI is InChI=1S/C20H24N4O3S/c1-4-24-13(2)10-17(22-24)19(25)23(12-15-6-5-9-27-15)20-21-16-11-14(26-3)7-8-18(16)28-20/h7-8,10-11,15H,4-6,9,12H2,1-3H3/t15-/m1/s1. The zero-order valence-corrected chi connectivity index (χ0v) is 17.2. The second-order valence-electron chi connectivity index (χ2n) is 6.87. The van der Waals surface area contributed by atoms with Gasteiger partial charge in [0, 0.05) is 24.9 Å². The SMILES string of the molecule is CCn1nc(C(=O)N(C[C@H]2CCCO2)c2nc3cc(OC)ccc3s2)cc1C. The van der Waals surface area contributed by atoms with Crippen LogP contribution < -0.4 is 9.64 Å². The molecule has 1 amide bonds. The van der Waals surface area contributed by atoms with Gasteiger partial charge in [0.1, 0.15) is 5.75 Å². The zero-order valence-electron chi connectivity index (χ0n) is 16.3. The van der Waals surface area contributed by atoms with Crippen molar-refractivity contribution in [1.82, 2.24) is 14.8 Å². The number of hydrogen-bond donors (Lipinski definition) is 0. The monoisotopic (exact) mass is 400 g/mol. The number of rotatable bonds is 6. The summed E-state index contributed by atoms with van der Waals surface area (Å²) in [5, 5.41) is 5.13. The Kier molecular flexibility index (Phi) is 5.32. The molecule has 2 aromatic heterocycles. The van der Waals surface area contributed by atoms with Gasteiger partial charge in [0.05, 0.1) is 30.0 Å². The van der Waals surface area contributed by atoms with E-state index in [0.29, 0.717) is 17.4 Å². The van der Waals surface area contributed by atoms with Crippen LogP contribution in [-0.4, -0.2) is 47.0 Å². The molecule has 8 heteroatoms. The maximum Gasteiger partial charge on any atom is 0.280 e. The molecule has 0 saturated carbocycles. The minimum Gasteiger partial charge on any atom is -0.497 e. The van der Waals surface area contributed by atoms with E-state index in [-0.39, 0.29) is 12.0 Å².